The standard InChI is InChI=1S/C23H20N4O4/c28-22-20-18(15-6-8-16(9-7-15)26-10-12-31-13-11-26)14-19(23(29)30)24-21(20)27(25-22)17-4-2-1-3-5-17/h1-9,14H,10-13H2,(H,25,28)(H,29,30). The monoisotopic (exact) mass is 416 g/mol. The van der Waals surface area contributed by atoms with Crippen LogP contribution in [0, 0.1) is 0 Å². The zero-order valence-corrected chi connectivity index (χ0v) is 16.6. The largest absolute Gasteiger partial charge is 0.477 e. The number of aromatic nitrogens is 3. The van der Waals surface area contributed by atoms with Gasteiger partial charge in [0, 0.05) is 24.3 Å². The lowest BCUT2D eigenvalue weighted by molar-refractivity contribution is 0.0691. The summed E-state index contributed by atoms with van der Waals surface area (Å²) < 4.78 is 6.93. The molecule has 1 fully saturated rings. The van der Waals surface area contributed by atoms with Crippen molar-refractivity contribution in [3.8, 4) is 16.8 Å². The summed E-state index contributed by atoms with van der Waals surface area (Å²) in [6.45, 7) is 3.03. The number of hydrogen-bond acceptors (Lipinski definition) is 5. The number of nitrogens with one attached hydrogen (secondary N) is 1. The van der Waals surface area contributed by atoms with E-state index in [2.05, 4.69) is 15.0 Å². The Bertz CT molecular complexity index is 1300. The number of carbonyl (C=O) groups is 1. The number of ether oxygens (including phenoxy) is 1. The number of aromatic carboxylic acids is 1. The lowest BCUT2D eigenvalue weighted by Crippen LogP contribution is -2.36. The van der Waals surface area contributed by atoms with Crippen molar-refractivity contribution in [2.75, 3.05) is 31.2 Å². The van der Waals surface area contributed by atoms with Gasteiger partial charge >= 0.3 is 5.97 Å². The summed E-state index contributed by atoms with van der Waals surface area (Å²) in [5, 5.41) is 12.8. The Morgan fingerprint density at radius 3 is 2.39 bits per heavy atom. The Labute approximate surface area is 177 Å². The van der Waals surface area contributed by atoms with E-state index in [1.165, 1.54) is 10.7 Å². The molecule has 1 aliphatic rings. The Balaban J connectivity index is 1.67. The minimum atomic E-state index is -1.15. The summed E-state index contributed by atoms with van der Waals surface area (Å²) in [5.41, 5.74) is 2.88. The van der Waals surface area contributed by atoms with Crippen LogP contribution in [0.15, 0.2) is 65.5 Å². The van der Waals surface area contributed by atoms with Gasteiger partial charge in [0.25, 0.3) is 5.56 Å². The first kappa shape index (κ1) is 19.1. The van der Waals surface area contributed by atoms with E-state index in [9.17, 15) is 14.7 Å². The van der Waals surface area contributed by atoms with Crippen LogP contribution in [0.4, 0.5) is 5.69 Å². The van der Waals surface area contributed by atoms with Crippen molar-refractivity contribution in [2.45, 2.75) is 0 Å². The van der Waals surface area contributed by atoms with Gasteiger partial charge in [0.1, 0.15) is 0 Å². The van der Waals surface area contributed by atoms with Gasteiger partial charge < -0.3 is 14.7 Å². The zero-order chi connectivity index (χ0) is 21.4. The van der Waals surface area contributed by atoms with Crippen molar-refractivity contribution < 1.29 is 14.6 Å². The molecule has 0 spiro atoms. The van der Waals surface area contributed by atoms with Crippen LogP contribution in [-0.4, -0.2) is 52.1 Å². The van der Waals surface area contributed by atoms with Crippen molar-refractivity contribution in [2.24, 2.45) is 0 Å². The van der Waals surface area contributed by atoms with Gasteiger partial charge in [0.05, 0.1) is 24.3 Å². The van der Waals surface area contributed by atoms with Crippen LogP contribution < -0.4 is 10.5 Å². The molecule has 156 valence electrons. The van der Waals surface area contributed by atoms with Crippen LogP contribution >= 0.6 is 0 Å². The molecule has 0 atom stereocenters. The van der Waals surface area contributed by atoms with Gasteiger partial charge in [-0.15, -0.1) is 0 Å². The molecule has 1 saturated heterocycles. The number of anilines is 1. The molecule has 0 aliphatic carbocycles. The second-order valence-corrected chi connectivity index (χ2v) is 7.32. The number of aromatic amines is 1. The number of carboxylic acids is 1. The first-order chi connectivity index (χ1) is 15.1. The lowest BCUT2D eigenvalue weighted by Gasteiger charge is -2.28. The van der Waals surface area contributed by atoms with Crippen molar-refractivity contribution in [1.82, 2.24) is 14.8 Å². The SMILES string of the molecule is O=C(O)c1cc(-c2ccc(N3CCOCC3)cc2)c2c(=O)[nH]n(-c3ccccc3)c2n1. The van der Waals surface area contributed by atoms with Crippen LogP contribution in [0.2, 0.25) is 0 Å². The molecule has 5 rings (SSSR count). The highest BCUT2D eigenvalue weighted by atomic mass is 16.5. The number of morpholine rings is 1. The lowest BCUT2D eigenvalue weighted by atomic mass is 10.0. The van der Waals surface area contributed by atoms with E-state index in [0.29, 0.717) is 29.9 Å². The Morgan fingerprint density at radius 2 is 1.71 bits per heavy atom. The molecule has 0 unspecified atom stereocenters. The fourth-order valence-electron chi connectivity index (χ4n) is 3.90. The maximum Gasteiger partial charge on any atom is 0.354 e. The fourth-order valence-corrected chi connectivity index (χ4v) is 3.90. The number of fused-ring (bicyclic) bond motifs is 1. The second-order valence-electron chi connectivity index (χ2n) is 7.32. The van der Waals surface area contributed by atoms with Crippen molar-refractivity contribution in [1.29, 1.82) is 0 Å². The number of H-pyrrole nitrogens is 1. The summed E-state index contributed by atoms with van der Waals surface area (Å²) in [6, 6.07) is 18.4. The zero-order valence-electron chi connectivity index (χ0n) is 16.6. The molecule has 8 heteroatoms. The van der Waals surface area contributed by atoms with E-state index in [4.69, 9.17) is 4.74 Å². The van der Waals surface area contributed by atoms with E-state index in [0.717, 1.165) is 24.3 Å². The number of nitrogens with zero attached hydrogens (tertiary/aromatic N) is 3. The van der Waals surface area contributed by atoms with E-state index in [1.54, 1.807) is 0 Å². The molecular formula is C23H20N4O4. The van der Waals surface area contributed by atoms with Gasteiger partial charge in [0.2, 0.25) is 0 Å². The van der Waals surface area contributed by atoms with Crippen molar-refractivity contribution in [3.63, 3.8) is 0 Å². The molecule has 3 heterocycles. The molecule has 0 bridgehead atoms. The Hall–Kier alpha value is -3.91. The van der Waals surface area contributed by atoms with Gasteiger partial charge in [-0.1, -0.05) is 30.3 Å². The molecule has 0 radical (unpaired) electrons. The van der Waals surface area contributed by atoms with E-state index in [1.807, 2.05) is 54.6 Å². The number of para-hydroxylation sites is 1. The summed E-state index contributed by atoms with van der Waals surface area (Å²) in [4.78, 5) is 31.1. The van der Waals surface area contributed by atoms with Gasteiger partial charge in [0.15, 0.2) is 11.3 Å². The predicted molar refractivity (Wildman–Crippen MR) is 117 cm³/mol. The van der Waals surface area contributed by atoms with Crippen molar-refractivity contribution in [3.05, 3.63) is 76.7 Å². The Morgan fingerprint density at radius 1 is 1.00 bits per heavy atom. The number of hydrogen-bond donors (Lipinski definition) is 2. The third-order valence-corrected chi connectivity index (χ3v) is 5.44. The van der Waals surface area contributed by atoms with Crippen LogP contribution in [0.1, 0.15) is 10.5 Å². The minimum Gasteiger partial charge on any atom is -0.477 e. The smallest absolute Gasteiger partial charge is 0.354 e. The maximum atomic E-state index is 12.9. The molecule has 31 heavy (non-hydrogen) atoms. The van der Waals surface area contributed by atoms with E-state index >= 15 is 0 Å². The molecule has 8 nitrogen and oxygen atoms in total. The highest BCUT2D eigenvalue weighted by Gasteiger charge is 2.20. The highest BCUT2D eigenvalue weighted by Crippen LogP contribution is 2.29. The van der Waals surface area contributed by atoms with Gasteiger partial charge in [-0.2, -0.15) is 0 Å². The third-order valence-electron chi connectivity index (χ3n) is 5.44. The highest BCUT2D eigenvalue weighted by molar-refractivity contribution is 5.98. The number of carboxylic acid groups (broad SMARTS) is 1. The maximum absolute atomic E-state index is 12.9. The minimum absolute atomic E-state index is 0.122. The number of rotatable bonds is 4. The average Bonchev–Trinajstić information content (AvgIpc) is 3.16. The first-order valence-corrected chi connectivity index (χ1v) is 9.99. The number of pyridine rings is 1. The van der Waals surface area contributed by atoms with Crippen molar-refractivity contribution >= 4 is 22.7 Å². The summed E-state index contributed by atoms with van der Waals surface area (Å²) in [6.07, 6.45) is 0. The Kier molecular flexibility index (Phi) is 4.76. The summed E-state index contributed by atoms with van der Waals surface area (Å²) in [7, 11) is 0. The fraction of sp³-hybridized carbons (Fsp3) is 0.174. The topological polar surface area (TPSA) is 100 Å². The molecule has 2 aromatic carbocycles. The predicted octanol–water partition coefficient (Wildman–Crippen LogP) is 2.92. The third kappa shape index (κ3) is 3.47. The van der Waals surface area contributed by atoms with Crippen LogP contribution in [0.5, 0.6) is 0 Å². The number of benzene rings is 2. The molecule has 0 saturated carbocycles. The molecule has 1 aliphatic heterocycles. The molecule has 2 N–H and O–H groups in total. The van der Waals surface area contributed by atoms with Crippen LogP contribution in [0.3, 0.4) is 0 Å². The summed E-state index contributed by atoms with van der Waals surface area (Å²) in [5.74, 6) is -1.15. The normalized spacial score (nSPS) is 14.1. The second kappa shape index (κ2) is 7.73. The molecular weight excluding hydrogens is 396 g/mol. The molecule has 2 aromatic heterocycles. The van der Waals surface area contributed by atoms with Gasteiger partial charge in [-0.05, 0) is 35.9 Å². The van der Waals surface area contributed by atoms with Crippen LogP contribution in [-0.2, 0) is 4.74 Å². The summed E-state index contributed by atoms with van der Waals surface area (Å²) >= 11 is 0. The van der Waals surface area contributed by atoms with E-state index in [-0.39, 0.29) is 16.9 Å². The van der Waals surface area contributed by atoms with Gasteiger partial charge in [-0.3, -0.25) is 9.89 Å². The first-order valence-electron chi connectivity index (χ1n) is 9.99. The van der Waals surface area contributed by atoms with E-state index < -0.39 is 5.97 Å². The van der Waals surface area contributed by atoms with Gasteiger partial charge in [-0.25, -0.2) is 14.5 Å². The van der Waals surface area contributed by atoms with Crippen LogP contribution in [0.25, 0.3) is 27.8 Å². The average molecular weight is 416 g/mol. The molecule has 0 amide bonds. The quantitative estimate of drug-likeness (QED) is 0.531. The molecule has 4 aromatic rings.